The maximum atomic E-state index is 12.6. The summed E-state index contributed by atoms with van der Waals surface area (Å²) >= 11 is 11.9. The summed E-state index contributed by atoms with van der Waals surface area (Å²) in [5, 5.41) is -0.190. The molecule has 0 aliphatic heterocycles. The Morgan fingerprint density at radius 3 is 2.24 bits per heavy atom. The largest absolute Gasteiger partial charge is 0.465 e. The number of ether oxygens (including phenoxy) is 1. The quantitative estimate of drug-likeness (QED) is 0.624. The Morgan fingerprint density at radius 1 is 1.29 bits per heavy atom. The molecule has 0 bridgehead atoms. The number of nitrogens with two attached hydrogens (primary N) is 1. The normalized spacial score (nSPS) is 11.7. The number of rotatable bonds is 6. The second kappa shape index (κ2) is 7.31. The molecule has 21 heavy (non-hydrogen) atoms. The second-order valence-corrected chi connectivity index (χ2v) is 6.74. The zero-order valence-electron chi connectivity index (χ0n) is 11.6. The smallest absolute Gasteiger partial charge is 0.321 e. The van der Waals surface area contributed by atoms with Crippen LogP contribution >= 0.6 is 23.2 Å². The van der Waals surface area contributed by atoms with Crippen molar-refractivity contribution >= 4 is 44.9 Å². The van der Waals surface area contributed by atoms with Gasteiger partial charge >= 0.3 is 5.97 Å². The van der Waals surface area contributed by atoms with Gasteiger partial charge in [-0.1, -0.05) is 30.1 Å². The topological polar surface area (TPSA) is 89.7 Å². The van der Waals surface area contributed by atoms with E-state index in [0.717, 1.165) is 4.31 Å². The van der Waals surface area contributed by atoms with E-state index in [1.54, 1.807) is 13.8 Å². The molecule has 1 aromatic carbocycles. The fraction of sp³-hybridized carbons (Fsp3) is 0.417. The molecule has 0 aliphatic carbocycles. The highest BCUT2D eigenvalue weighted by molar-refractivity contribution is 7.89. The van der Waals surface area contributed by atoms with Crippen LogP contribution in [0.4, 0.5) is 5.69 Å². The van der Waals surface area contributed by atoms with E-state index in [0.29, 0.717) is 0 Å². The van der Waals surface area contributed by atoms with E-state index in [1.807, 2.05) is 0 Å². The van der Waals surface area contributed by atoms with E-state index in [1.165, 1.54) is 12.1 Å². The molecule has 0 heterocycles. The first-order valence-corrected chi connectivity index (χ1v) is 8.33. The average Bonchev–Trinajstić information content (AvgIpc) is 2.34. The van der Waals surface area contributed by atoms with Crippen LogP contribution in [0.15, 0.2) is 17.0 Å². The number of nitrogen functional groups attached to an aromatic ring is 1. The Kier molecular flexibility index (Phi) is 6.27. The van der Waals surface area contributed by atoms with Gasteiger partial charge < -0.3 is 10.5 Å². The van der Waals surface area contributed by atoms with E-state index in [-0.39, 0.29) is 33.8 Å². The molecular weight excluding hydrogens is 339 g/mol. The van der Waals surface area contributed by atoms with Crippen LogP contribution in [0.2, 0.25) is 10.0 Å². The van der Waals surface area contributed by atoms with Crippen molar-refractivity contribution in [3.63, 3.8) is 0 Å². The van der Waals surface area contributed by atoms with Crippen molar-refractivity contribution in [2.24, 2.45) is 0 Å². The molecule has 0 spiro atoms. The van der Waals surface area contributed by atoms with E-state index in [4.69, 9.17) is 33.7 Å². The molecular formula is C12H16Cl2N2O4S. The Balaban J connectivity index is 3.23. The number of halogens is 2. The molecule has 9 heteroatoms. The van der Waals surface area contributed by atoms with Gasteiger partial charge in [0.15, 0.2) is 0 Å². The van der Waals surface area contributed by atoms with Crippen LogP contribution in [-0.4, -0.2) is 38.4 Å². The van der Waals surface area contributed by atoms with Crippen LogP contribution in [-0.2, 0) is 19.6 Å². The minimum atomic E-state index is -4.03. The predicted molar refractivity (Wildman–Crippen MR) is 81.9 cm³/mol. The highest BCUT2D eigenvalue weighted by Gasteiger charge is 2.30. The van der Waals surface area contributed by atoms with Crippen LogP contribution in [0, 0.1) is 0 Å². The summed E-state index contributed by atoms with van der Waals surface area (Å²) in [4.78, 5) is 11.2. The Hall–Kier alpha value is -1.02. The molecule has 0 atom stereocenters. The number of sulfonamides is 1. The minimum Gasteiger partial charge on any atom is -0.465 e. The Labute approximate surface area is 133 Å². The van der Waals surface area contributed by atoms with Gasteiger partial charge in [-0.25, -0.2) is 8.42 Å². The first-order chi connectivity index (χ1) is 9.73. The summed E-state index contributed by atoms with van der Waals surface area (Å²) in [7, 11) is -4.03. The lowest BCUT2D eigenvalue weighted by Crippen LogP contribution is -2.36. The summed E-state index contributed by atoms with van der Waals surface area (Å²) in [6.07, 6.45) is 0. The number of carbonyl (C=O) groups excluding carboxylic acids is 1. The number of likely N-dealkylation sites (N-methyl/N-ethyl adjacent to an activating group) is 1. The number of hydrogen-bond donors (Lipinski definition) is 1. The molecule has 0 saturated carbocycles. The van der Waals surface area contributed by atoms with E-state index >= 15 is 0 Å². The third-order valence-corrected chi connectivity index (χ3v) is 5.43. The van der Waals surface area contributed by atoms with Crippen molar-refractivity contribution in [3.05, 3.63) is 22.2 Å². The van der Waals surface area contributed by atoms with Crippen molar-refractivity contribution in [2.75, 3.05) is 25.4 Å². The maximum Gasteiger partial charge on any atom is 0.321 e. The van der Waals surface area contributed by atoms with E-state index in [2.05, 4.69) is 0 Å². The third kappa shape index (κ3) is 4.23. The molecule has 0 fully saturated rings. The van der Waals surface area contributed by atoms with Crippen LogP contribution in [0.25, 0.3) is 0 Å². The molecule has 0 radical (unpaired) electrons. The molecule has 0 saturated heterocycles. The van der Waals surface area contributed by atoms with Gasteiger partial charge in [0.05, 0.1) is 16.7 Å². The monoisotopic (exact) mass is 354 g/mol. The van der Waals surface area contributed by atoms with Crippen molar-refractivity contribution in [2.45, 2.75) is 18.7 Å². The van der Waals surface area contributed by atoms with Crippen LogP contribution in [0.5, 0.6) is 0 Å². The number of benzene rings is 1. The van der Waals surface area contributed by atoms with Crippen LogP contribution in [0.3, 0.4) is 0 Å². The zero-order valence-corrected chi connectivity index (χ0v) is 13.9. The lowest BCUT2D eigenvalue weighted by molar-refractivity contribution is -0.143. The summed E-state index contributed by atoms with van der Waals surface area (Å²) in [5.74, 6) is -0.648. The molecule has 0 aromatic heterocycles. The number of esters is 1. The maximum absolute atomic E-state index is 12.6. The van der Waals surface area contributed by atoms with Gasteiger partial charge in [0.1, 0.15) is 11.4 Å². The molecule has 0 unspecified atom stereocenters. The molecule has 1 aromatic rings. The third-order valence-electron chi connectivity index (χ3n) is 2.58. The predicted octanol–water partition coefficient (Wildman–Crippen LogP) is 2.15. The van der Waals surface area contributed by atoms with Gasteiger partial charge in [0, 0.05) is 12.2 Å². The molecule has 118 valence electrons. The Morgan fingerprint density at radius 2 is 1.81 bits per heavy atom. The molecule has 0 amide bonds. The van der Waals surface area contributed by atoms with Crippen molar-refractivity contribution < 1.29 is 17.9 Å². The average molecular weight is 355 g/mol. The van der Waals surface area contributed by atoms with Crippen LogP contribution in [0.1, 0.15) is 13.8 Å². The Bertz CT molecular complexity index is 611. The summed E-state index contributed by atoms with van der Waals surface area (Å²) < 4.78 is 30.8. The summed E-state index contributed by atoms with van der Waals surface area (Å²) in [6, 6.07) is 2.58. The van der Waals surface area contributed by atoms with E-state index < -0.39 is 22.5 Å². The number of carbonyl (C=O) groups is 1. The van der Waals surface area contributed by atoms with Gasteiger partial charge in [-0.15, -0.1) is 0 Å². The first-order valence-electron chi connectivity index (χ1n) is 6.14. The summed E-state index contributed by atoms with van der Waals surface area (Å²) in [6.45, 7) is 3.05. The van der Waals surface area contributed by atoms with Gasteiger partial charge in [-0.05, 0) is 19.1 Å². The van der Waals surface area contributed by atoms with Gasteiger partial charge in [-0.3, -0.25) is 4.79 Å². The standard InChI is InChI=1S/C12H16Cl2N2O4S/c1-3-16(7-11(17)20-4-2)21(18,19)12-9(13)5-8(15)6-10(12)14/h5-6H,3-4,7,15H2,1-2H3. The van der Waals surface area contributed by atoms with E-state index in [9.17, 15) is 13.2 Å². The summed E-state index contributed by atoms with van der Waals surface area (Å²) in [5.41, 5.74) is 5.80. The first kappa shape index (κ1) is 18.0. The second-order valence-electron chi connectivity index (χ2n) is 4.05. The highest BCUT2D eigenvalue weighted by atomic mass is 35.5. The molecule has 6 nitrogen and oxygen atoms in total. The minimum absolute atomic E-state index is 0.0676. The number of anilines is 1. The number of hydrogen-bond acceptors (Lipinski definition) is 5. The van der Waals surface area contributed by atoms with Crippen molar-refractivity contribution in [3.8, 4) is 0 Å². The fourth-order valence-corrected chi connectivity index (χ4v) is 4.25. The molecule has 2 N–H and O–H groups in total. The number of nitrogens with zero attached hydrogens (tertiary/aromatic N) is 1. The van der Waals surface area contributed by atoms with Gasteiger partial charge in [0.2, 0.25) is 10.0 Å². The molecule has 0 aliphatic rings. The fourth-order valence-electron chi connectivity index (χ4n) is 1.67. The van der Waals surface area contributed by atoms with Gasteiger partial charge in [0.25, 0.3) is 0 Å². The highest BCUT2D eigenvalue weighted by Crippen LogP contribution is 2.33. The van der Waals surface area contributed by atoms with Gasteiger partial charge in [-0.2, -0.15) is 4.31 Å². The lowest BCUT2D eigenvalue weighted by Gasteiger charge is -2.21. The van der Waals surface area contributed by atoms with Crippen LogP contribution < -0.4 is 5.73 Å². The zero-order chi connectivity index (χ0) is 16.2. The SMILES string of the molecule is CCOC(=O)CN(CC)S(=O)(=O)c1c(Cl)cc(N)cc1Cl. The van der Waals surface area contributed by atoms with Crippen molar-refractivity contribution in [1.82, 2.24) is 4.31 Å². The lowest BCUT2D eigenvalue weighted by atomic mass is 10.3. The molecule has 1 rings (SSSR count). The van der Waals surface area contributed by atoms with Crippen molar-refractivity contribution in [1.29, 1.82) is 0 Å².